The molecule has 3 N–H and O–H groups in total. The van der Waals surface area contributed by atoms with Gasteiger partial charge in [-0.2, -0.15) is 0 Å². The third kappa shape index (κ3) is 3.23. The molecule has 0 unspecified atom stereocenters. The molecule has 0 bridgehead atoms. The van der Waals surface area contributed by atoms with Gasteiger partial charge in [-0.15, -0.1) is 0 Å². The van der Waals surface area contributed by atoms with Crippen molar-refractivity contribution in [3.63, 3.8) is 0 Å². The summed E-state index contributed by atoms with van der Waals surface area (Å²) in [5.41, 5.74) is 0.746. The first-order chi connectivity index (χ1) is 10.4. The zero-order valence-electron chi connectivity index (χ0n) is 12.4. The second-order valence-electron chi connectivity index (χ2n) is 5.89. The molecular formula is C14H20N4O3S. The Labute approximate surface area is 128 Å². The number of imidazole rings is 1. The molecule has 0 aliphatic carbocycles. The minimum atomic E-state index is -3.55. The Kier molecular flexibility index (Phi) is 4.07. The Balaban J connectivity index is 1.72. The number of rotatable bonds is 4. The molecule has 1 aliphatic heterocycles. The second kappa shape index (κ2) is 5.86. The van der Waals surface area contributed by atoms with Gasteiger partial charge in [-0.1, -0.05) is 0 Å². The van der Waals surface area contributed by atoms with Crippen molar-refractivity contribution < 1.29 is 8.42 Å². The third-order valence-electron chi connectivity index (χ3n) is 4.20. The summed E-state index contributed by atoms with van der Waals surface area (Å²) in [6.45, 7) is 2.46. The lowest BCUT2D eigenvalue weighted by Gasteiger charge is -2.28. The van der Waals surface area contributed by atoms with Crippen molar-refractivity contribution in [2.45, 2.75) is 17.7 Å². The van der Waals surface area contributed by atoms with Crippen molar-refractivity contribution in [1.29, 1.82) is 0 Å². The Morgan fingerprint density at radius 1 is 1.23 bits per heavy atom. The molecule has 0 radical (unpaired) electrons. The highest BCUT2D eigenvalue weighted by molar-refractivity contribution is 7.89. The fourth-order valence-corrected chi connectivity index (χ4v) is 3.90. The van der Waals surface area contributed by atoms with Crippen LogP contribution in [0.2, 0.25) is 0 Å². The summed E-state index contributed by atoms with van der Waals surface area (Å²) in [6, 6.07) is 4.57. The summed E-state index contributed by atoms with van der Waals surface area (Å²) < 4.78 is 27.4. The Morgan fingerprint density at radius 3 is 2.64 bits per heavy atom. The van der Waals surface area contributed by atoms with Gasteiger partial charge >= 0.3 is 5.69 Å². The van der Waals surface area contributed by atoms with Gasteiger partial charge in [0, 0.05) is 6.54 Å². The number of hydrogen-bond acceptors (Lipinski definition) is 4. The molecule has 0 amide bonds. The van der Waals surface area contributed by atoms with Gasteiger partial charge in [-0.25, -0.2) is 17.9 Å². The van der Waals surface area contributed by atoms with Gasteiger partial charge in [0.2, 0.25) is 10.0 Å². The predicted octanol–water partition coefficient (Wildman–Crippen LogP) is 0.476. The number of fused-ring (bicyclic) bond motifs is 1. The van der Waals surface area contributed by atoms with Gasteiger partial charge in [0.25, 0.3) is 0 Å². The van der Waals surface area contributed by atoms with Gasteiger partial charge in [0.1, 0.15) is 0 Å². The van der Waals surface area contributed by atoms with E-state index in [-0.39, 0.29) is 10.6 Å². The molecule has 120 valence electrons. The smallest absolute Gasteiger partial charge is 0.306 e. The Bertz CT molecular complexity index is 816. The molecule has 3 rings (SSSR count). The van der Waals surface area contributed by atoms with Gasteiger partial charge < -0.3 is 14.9 Å². The van der Waals surface area contributed by atoms with Crippen LogP contribution >= 0.6 is 0 Å². The molecule has 0 saturated carbocycles. The first kappa shape index (κ1) is 15.3. The Morgan fingerprint density at radius 2 is 1.91 bits per heavy atom. The molecule has 0 spiro atoms. The van der Waals surface area contributed by atoms with Crippen LogP contribution < -0.4 is 10.4 Å². The van der Waals surface area contributed by atoms with E-state index in [0.29, 0.717) is 23.5 Å². The lowest BCUT2D eigenvalue weighted by atomic mass is 9.98. The molecule has 0 atom stereocenters. The minimum Gasteiger partial charge on any atom is -0.306 e. The van der Waals surface area contributed by atoms with Crippen molar-refractivity contribution >= 4 is 21.1 Å². The van der Waals surface area contributed by atoms with Crippen LogP contribution in [-0.4, -0.2) is 50.0 Å². The number of piperidine rings is 1. The second-order valence-corrected chi connectivity index (χ2v) is 7.65. The van der Waals surface area contributed by atoms with Crippen LogP contribution in [0, 0.1) is 5.92 Å². The topological polar surface area (TPSA) is 98.1 Å². The van der Waals surface area contributed by atoms with Gasteiger partial charge in [0.15, 0.2) is 0 Å². The minimum absolute atomic E-state index is 0.170. The van der Waals surface area contributed by atoms with Crippen LogP contribution in [-0.2, 0) is 10.0 Å². The maximum absolute atomic E-state index is 12.4. The Hall–Kier alpha value is -1.64. The zero-order valence-corrected chi connectivity index (χ0v) is 13.2. The average molecular weight is 324 g/mol. The lowest BCUT2D eigenvalue weighted by Crippen LogP contribution is -2.36. The number of nitrogens with one attached hydrogen (secondary N) is 3. The molecule has 2 aromatic rings. The summed E-state index contributed by atoms with van der Waals surface area (Å²) in [7, 11) is -1.48. The van der Waals surface area contributed by atoms with E-state index in [1.807, 2.05) is 0 Å². The van der Waals surface area contributed by atoms with Crippen molar-refractivity contribution in [1.82, 2.24) is 19.6 Å². The summed E-state index contributed by atoms with van der Waals surface area (Å²) >= 11 is 0. The van der Waals surface area contributed by atoms with Crippen molar-refractivity contribution in [3.8, 4) is 0 Å². The zero-order chi connectivity index (χ0) is 15.7. The van der Waals surface area contributed by atoms with Crippen LogP contribution in [0.5, 0.6) is 0 Å². The van der Waals surface area contributed by atoms with E-state index in [1.165, 1.54) is 12.1 Å². The van der Waals surface area contributed by atoms with Crippen molar-refractivity contribution in [2.24, 2.45) is 5.92 Å². The quantitative estimate of drug-likeness (QED) is 0.762. The van der Waals surface area contributed by atoms with Gasteiger partial charge in [-0.05, 0) is 57.1 Å². The molecule has 1 fully saturated rings. The highest BCUT2D eigenvalue weighted by Gasteiger charge is 2.20. The van der Waals surface area contributed by atoms with Crippen LogP contribution in [0.25, 0.3) is 11.0 Å². The van der Waals surface area contributed by atoms with Crippen LogP contribution in [0.1, 0.15) is 12.8 Å². The molecule has 1 aliphatic rings. The van der Waals surface area contributed by atoms with E-state index in [2.05, 4.69) is 26.6 Å². The summed E-state index contributed by atoms with van der Waals surface area (Å²) in [5.74, 6) is 0.377. The largest absolute Gasteiger partial charge is 0.323 e. The number of H-pyrrole nitrogens is 2. The molecule has 1 aromatic carbocycles. The number of aromatic amines is 2. The standard InChI is InChI=1S/C14H20N4O3S/c1-18-6-4-10(5-7-18)9-15-22(20,21)11-2-3-12-13(8-11)17-14(19)16-12/h2-3,8,10,15H,4-7,9H2,1H3,(H2,16,17,19). The molecular weight excluding hydrogens is 304 g/mol. The van der Waals surface area contributed by atoms with E-state index in [1.54, 1.807) is 6.07 Å². The maximum Gasteiger partial charge on any atom is 0.323 e. The average Bonchev–Trinajstić information content (AvgIpc) is 2.86. The molecule has 2 heterocycles. The highest BCUT2D eigenvalue weighted by atomic mass is 32.2. The molecule has 1 saturated heterocycles. The number of aromatic nitrogens is 2. The van der Waals surface area contributed by atoms with Gasteiger partial charge in [0.05, 0.1) is 15.9 Å². The van der Waals surface area contributed by atoms with Crippen LogP contribution in [0.3, 0.4) is 0 Å². The summed E-state index contributed by atoms with van der Waals surface area (Å²) in [6.07, 6.45) is 2.01. The number of likely N-dealkylation sites (tertiary alicyclic amines) is 1. The van der Waals surface area contributed by atoms with E-state index in [9.17, 15) is 13.2 Å². The monoisotopic (exact) mass is 324 g/mol. The predicted molar refractivity (Wildman–Crippen MR) is 84.3 cm³/mol. The van der Waals surface area contributed by atoms with Crippen molar-refractivity contribution in [3.05, 3.63) is 28.7 Å². The molecule has 22 heavy (non-hydrogen) atoms. The maximum atomic E-state index is 12.4. The number of sulfonamides is 1. The third-order valence-corrected chi connectivity index (χ3v) is 5.62. The van der Waals surface area contributed by atoms with E-state index in [0.717, 1.165) is 25.9 Å². The lowest BCUT2D eigenvalue weighted by molar-refractivity contribution is 0.220. The summed E-state index contributed by atoms with van der Waals surface area (Å²) in [4.78, 5) is 18.8. The van der Waals surface area contributed by atoms with E-state index < -0.39 is 10.0 Å². The first-order valence-electron chi connectivity index (χ1n) is 7.34. The number of benzene rings is 1. The van der Waals surface area contributed by atoms with Crippen molar-refractivity contribution in [2.75, 3.05) is 26.7 Å². The van der Waals surface area contributed by atoms with Crippen LogP contribution in [0.4, 0.5) is 0 Å². The van der Waals surface area contributed by atoms with E-state index in [4.69, 9.17) is 0 Å². The highest BCUT2D eigenvalue weighted by Crippen LogP contribution is 2.18. The number of hydrogen-bond donors (Lipinski definition) is 3. The fraction of sp³-hybridized carbons (Fsp3) is 0.500. The SMILES string of the molecule is CN1CCC(CNS(=O)(=O)c2ccc3[nH]c(=O)[nH]c3c2)CC1. The fourth-order valence-electron chi connectivity index (χ4n) is 2.76. The molecule has 8 heteroatoms. The van der Waals surface area contributed by atoms with E-state index >= 15 is 0 Å². The normalized spacial score (nSPS) is 18.0. The van der Waals surface area contributed by atoms with Gasteiger partial charge in [-0.3, -0.25) is 0 Å². The first-order valence-corrected chi connectivity index (χ1v) is 8.82. The molecule has 7 nitrogen and oxygen atoms in total. The number of nitrogens with zero attached hydrogens (tertiary/aromatic N) is 1. The summed E-state index contributed by atoms with van der Waals surface area (Å²) in [5, 5.41) is 0. The van der Waals surface area contributed by atoms with Crippen LogP contribution in [0.15, 0.2) is 27.9 Å². The molecule has 1 aromatic heterocycles.